The molecule has 0 saturated heterocycles. The third-order valence-electron chi connectivity index (χ3n) is 4.13. The maximum Gasteiger partial charge on any atom is 0.338 e. The molecule has 3 rings (SSSR count). The standard InChI is InChI=1S/C20H18N2O5/c1-2-27-19(25)15-16(12-8-4-3-5-9-12)21-20(26)22-17(15)13-10-6-7-11-14(13)18(23)24/h3-11,17H,2H2,1H3,(H,23,24)(H2,21,22,26). The van der Waals surface area contributed by atoms with Gasteiger partial charge in [0.25, 0.3) is 0 Å². The van der Waals surface area contributed by atoms with Gasteiger partial charge in [0.15, 0.2) is 0 Å². The third kappa shape index (κ3) is 3.67. The number of esters is 1. The minimum absolute atomic E-state index is 0.00101. The summed E-state index contributed by atoms with van der Waals surface area (Å²) in [5.41, 5.74) is 1.36. The predicted octanol–water partition coefficient (Wildman–Crippen LogP) is 2.71. The Morgan fingerprint density at radius 1 is 1.07 bits per heavy atom. The molecule has 2 amide bonds. The van der Waals surface area contributed by atoms with Crippen LogP contribution in [0.15, 0.2) is 60.2 Å². The van der Waals surface area contributed by atoms with Crippen LogP contribution in [0.2, 0.25) is 0 Å². The Hall–Kier alpha value is -3.61. The first-order valence-electron chi connectivity index (χ1n) is 8.39. The average Bonchev–Trinajstić information content (AvgIpc) is 2.68. The van der Waals surface area contributed by atoms with Gasteiger partial charge in [0.05, 0.1) is 29.5 Å². The van der Waals surface area contributed by atoms with Crippen molar-refractivity contribution >= 4 is 23.7 Å². The third-order valence-corrected chi connectivity index (χ3v) is 4.13. The summed E-state index contributed by atoms with van der Waals surface area (Å²) < 4.78 is 5.18. The van der Waals surface area contributed by atoms with Crippen molar-refractivity contribution in [3.05, 3.63) is 76.9 Å². The molecule has 138 valence electrons. The molecule has 27 heavy (non-hydrogen) atoms. The molecule has 1 heterocycles. The average molecular weight is 366 g/mol. The van der Waals surface area contributed by atoms with E-state index in [-0.39, 0.29) is 17.7 Å². The summed E-state index contributed by atoms with van der Waals surface area (Å²) in [6, 6.07) is 13.6. The van der Waals surface area contributed by atoms with Gasteiger partial charge in [-0.1, -0.05) is 48.5 Å². The van der Waals surface area contributed by atoms with E-state index in [1.807, 2.05) is 6.07 Å². The number of ether oxygens (including phenoxy) is 1. The Bertz CT molecular complexity index is 921. The molecule has 0 aliphatic carbocycles. The smallest absolute Gasteiger partial charge is 0.338 e. The van der Waals surface area contributed by atoms with Gasteiger partial charge in [0, 0.05) is 0 Å². The van der Waals surface area contributed by atoms with E-state index in [9.17, 15) is 19.5 Å². The SMILES string of the molecule is CCOC(=O)C1=C(c2ccccc2)NC(=O)NC1c1ccccc1C(=O)O. The molecule has 2 aromatic carbocycles. The van der Waals surface area contributed by atoms with Crippen LogP contribution in [-0.4, -0.2) is 29.7 Å². The van der Waals surface area contributed by atoms with Crippen LogP contribution < -0.4 is 10.6 Å². The van der Waals surface area contributed by atoms with Crippen molar-refractivity contribution in [2.24, 2.45) is 0 Å². The lowest BCUT2D eigenvalue weighted by Crippen LogP contribution is -2.45. The highest BCUT2D eigenvalue weighted by Gasteiger charge is 2.36. The second-order valence-corrected chi connectivity index (χ2v) is 5.80. The highest BCUT2D eigenvalue weighted by Crippen LogP contribution is 2.33. The number of carboxylic acids is 1. The van der Waals surface area contributed by atoms with Crippen molar-refractivity contribution in [3.8, 4) is 0 Å². The number of amides is 2. The molecule has 1 atom stereocenters. The number of urea groups is 1. The van der Waals surface area contributed by atoms with E-state index in [1.54, 1.807) is 49.4 Å². The number of hydrogen-bond donors (Lipinski definition) is 3. The number of carboxylic acid groups (broad SMARTS) is 1. The van der Waals surface area contributed by atoms with Crippen molar-refractivity contribution in [1.29, 1.82) is 0 Å². The molecule has 1 aliphatic heterocycles. The van der Waals surface area contributed by atoms with Gasteiger partial charge in [-0.25, -0.2) is 14.4 Å². The van der Waals surface area contributed by atoms with Crippen LogP contribution in [0.25, 0.3) is 5.70 Å². The maximum atomic E-state index is 12.7. The summed E-state index contributed by atoms with van der Waals surface area (Å²) in [7, 11) is 0. The molecule has 7 heteroatoms. The van der Waals surface area contributed by atoms with E-state index in [0.29, 0.717) is 16.8 Å². The van der Waals surface area contributed by atoms with Crippen LogP contribution in [0.3, 0.4) is 0 Å². The summed E-state index contributed by atoms with van der Waals surface area (Å²) in [4.78, 5) is 36.7. The van der Waals surface area contributed by atoms with Gasteiger partial charge >= 0.3 is 18.0 Å². The Balaban J connectivity index is 2.24. The zero-order valence-corrected chi connectivity index (χ0v) is 14.6. The zero-order chi connectivity index (χ0) is 19.4. The molecular formula is C20H18N2O5. The van der Waals surface area contributed by atoms with E-state index in [0.717, 1.165) is 0 Å². The molecular weight excluding hydrogens is 348 g/mol. The van der Waals surface area contributed by atoms with Gasteiger partial charge in [-0.2, -0.15) is 0 Å². The molecule has 0 saturated carbocycles. The summed E-state index contributed by atoms with van der Waals surface area (Å²) in [5.74, 6) is -1.78. The van der Waals surface area contributed by atoms with Crippen molar-refractivity contribution in [1.82, 2.24) is 10.6 Å². The summed E-state index contributed by atoms with van der Waals surface area (Å²) in [5, 5.41) is 14.8. The lowest BCUT2D eigenvalue weighted by Gasteiger charge is -2.30. The number of carbonyl (C=O) groups is 3. The molecule has 2 aromatic rings. The largest absolute Gasteiger partial charge is 0.478 e. The number of aromatic carboxylic acids is 1. The van der Waals surface area contributed by atoms with Gasteiger partial charge in [-0.05, 0) is 24.1 Å². The van der Waals surface area contributed by atoms with Crippen molar-refractivity contribution in [3.63, 3.8) is 0 Å². The maximum absolute atomic E-state index is 12.7. The Labute approximate surface area is 155 Å². The van der Waals surface area contributed by atoms with E-state index >= 15 is 0 Å². The molecule has 0 aromatic heterocycles. The summed E-state index contributed by atoms with van der Waals surface area (Å²) >= 11 is 0. The van der Waals surface area contributed by atoms with Gasteiger partial charge in [-0.15, -0.1) is 0 Å². The number of carbonyl (C=O) groups excluding carboxylic acids is 2. The van der Waals surface area contributed by atoms with Gasteiger partial charge < -0.3 is 20.5 Å². The van der Waals surface area contributed by atoms with Crippen LogP contribution in [0.5, 0.6) is 0 Å². The number of nitrogens with one attached hydrogen (secondary N) is 2. The van der Waals surface area contributed by atoms with Crippen LogP contribution in [0, 0.1) is 0 Å². The monoisotopic (exact) mass is 366 g/mol. The number of rotatable bonds is 5. The number of hydrogen-bond acceptors (Lipinski definition) is 4. The minimum atomic E-state index is -1.15. The second-order valence-electron chi connectivity index (χ2n) is 5.80. The van der Waals surface area contributed by atoms with Crippen LogP contribution in [-0.2, 0) is 9.53 Å². The molecule has 0 fully saturated rings. The fraction of sp³-hybridized carbons (Fsp3) is 0.150. The van der Waals surface area contributed by atoms with Crippen LogP contribution in [0.4, 0.5) is 4.79 Å². The summed E-state index contributed by atoms with van der Waals surface area (Å²) in [6.45, 7) is 1.82. The molecule has 0 radical (unpaired) electrons. The molecule has 0 bridgehead atoms. The van der Waals surface area contributed by atoms with E-state index in [1.165, 1.54) is 6.07 Å². The highest BCUT2D eigenvalue weighted by molar-refractivity contribution is 6.05. The zero-order valence-electron chi connectivity index (χ0n) is 14.6. The van der Waals surface area contributed by atoms with Crippen LogP contribution in [0.1, 0.15) is 34.5 Å². The Morgan fingerprint density at radius 3 is 2.41 bits per heavy atom. The van der Waals surface area contributed by atoms with Crippen molar-refractivity contribution in [2.75, 3.05) is 6.61 Å². The first-order valence-corrected chi connectivity index (χ1v) is 8.39. The molecule has 3 N–H and O–H groups in total. The normalized spacial score (nSPS) is 16.3. The van der Waals surface area contributed by atoms with Crippen LogP contribution >= 0.6 is 0 Å². The molecule has 0 spiro atoms. The fourth-order valence-corrected chi connectivity index (χ4v) is 3.00. The lowest BCUT2D eigenvalue weighted by molar-refractivity contribution is -0.138. The summed E-state index contributed by atoms with van der Waals surface area (Å²) in [6.07, 6.45) is 0. The quantitative estimate of drug-likeness (QED) is 0.706. The predicted molar refractivity (Wildman–Crippen MR) is 97.8 cm³/mol. The second kappa shape index (κ2) is 7.74. The van der Waals surface area contributed by atoms with Crippen molar-refractivity contribution in [2.45, 2.75) is 13.0 Å². The van der Waals surface area contributed by atoms with Gasteiger partial charge in [0.1, 0.15) is 0 Å². The minimum Gasteiger partial charge on any atom is -0.478 e. The first-order chi connectivity index (χ1) is 13.0. The molecule has 7 nitrogen and oxygen atoms in total. The van der Waals surface area contributed by atoms with E-state index in [2.05, 4.69) is 10.6 Å². The Morgan fingerprint density at radius 2 is 1.74 bits per heavy atom. The van der Waals surface area contributed by atoms with Gasteiger partial charge in [-0.3, -0.25) is 0 Å². The number of benzene rings is 2. The molecule has 1 unspecified atom stereocenters. The topological polar surface area (TPSA) is 105 Å². The van der Waals surface area contributed by atoms with Gasteiger partial charge in [0.2, 0.25) is 0 Å². The van der Waals surface area contributed by atoms with E-state index < -0.39 is 24.0 Å². The molecule has 1 aliphatic rings. The first kappa shape index (κ1) is 18.2. The Kier molecular flexibility index (Phi) is 5.21. The highest BCUT2D eigenvalue weighted by atomic mass is 16.5. The fourth-order valence-electron chi connectivity index (χ4n) is 3.00. The van der Waals surface area contributed by atoms with Crippen molar-refractivity contribution < 1.29 is 24.2 Å². The van der Waals surface area contributed by atoms with E-state index in [4.69, 9.17) is 4.74 Å². The lowest BCUT2D eigenvalue weighted by atomic mass is 9.90.